The van der Waals surface area contributed by atoms with Gasteiger partial charge >= 0.3 is 0 Å². The van der Waals surface area contributed by atoms with Crippen molar-refractivity contribution in [2.45, 2.75) is 56.2 Å². The molecule has 2 unspecified atom stereocenters. The van der Waals surface area contributed by atoms with Gasteiger partial charge in [-0.2, -0.15) is 0 Å². The summed E-state index contributed by atoms with van der Waals surface area (Å²) in [6.07, 6.45) is 8.27. The van der Waals surface area contributed by atoms with Crippen molar-refractivity contribution >= 4 is 39.1 Å². The summed E-state index contributed by atoms with van der Waals surface area (Å²) in [6, 6.07) is 5.69. The molecule has 1 N–H and O–H groups in total. The standard InChI is InChI=1S/C19H23BrClNO/c1-12-15(21)3-2-4-16(12)22-17(23)10-18-6-13-5-14(7-18)9-19(20,8-13)11-18/h2-4,13-14H,5-11H2,1H3,(H,22,23)/t13-,14+,18?,19?. The van der Waals surface area contributed by atoms with Gasteiger partial charge < -0.3 is 5.32 Å². The number of halogens is 2. The minimum atomic E-state index is 0.147. The summed E-state index contributed by atoms with van der Waals surface area (Å²) in [4.78, 5) is 12.7. The summed E-state index contributed by atoms with van der Waals surface area (Å²) in [5.41, 5.74) is 2.01. The van der Waals surface area contributed by atoms with Gasteiger partial charge in [0.25, 0.3) is 0 Å². The number of hydrogen-bond donors (Lipinski definition) is 1. The summed E-state index contributed by atoms with van der Waals surface area (Å²) in [7, 11) is 0. The molecule has 5 rings (SSSR count). The van der Waals surface area contributed by atoms with Gasteiger partial charge in [0.15, 0.2) is 0 Å². The first-order valence-electron chi connectivity index (χ1n) is 8.60. The highest BCUT2D eigenvalue weighted by Crippen LogP contribution is 2.65. The smallest absolute Gasteiger partial charge is 0.224 e. The molecule has 4 fully saturated rings. The van der Waals surface area contributed by atoms with E-state index in [0.717, 1.165) is 29.5 Å². The van der Waals surface area contributed by atoms with E-state index in [9.17, 15) is 4.79 Å². The fourth-order valence-electron chi connectivity index (χ4n) is 5.82. The summed E-state index contributed by atoms with van der Waals surface area (Å²) < 4.78 is 0.309. The van der Waals surface area contributed by atoms with Crippen LogP contribution in [0.3, 0.4) is 0 Å². The molecule has 4 aliphatic rings. The van der Waals surface area contributed by atoms with E-state index in [4.69, 9.17) is 11.6 Å². The second kappa shape index (κ2) is 5.49. The minimum absolute atomic E-state index is 0.147. The Morgan fingerprint density at radius 3 is 2.65 bits per heavy atom. The second-order valence-electron chi connectivity index (χ2n) is 8.25. The average molecular weight is 397 g/mol. The van der Waals surface area contributed by atoms with Gasteiger partial charge in [-0.3, -0.25) is 4.79 Å². The van der Waals surface area contributed by atoms with Gasteiger partial charge in [-0.1, -0.05) is 33.6 Å². The maximum absolute atomic E-state index is 12.7. The van der Waals surface area contributed by atoms with Gasteiger partial charge in [0.05, 0.1) is 0 Å². The van der Waals surface area contributed by atoms with Crippen molar-refractivity contribution in [1.29, 1.82) is 0 Å². The lowest BCUT2D eigenvalue weighted by Crippen LogP contribution is -2.53. The van der Waals surface area contributed by atoms with Gasteiger partial charge in [-0.25, -0.2) is 0 Å². The zero-order chi connectivity index (χ0) is 16.2. The molecular formula is C19H23BrClNO. The molecule has 4 bridgehead atoms. The van der Waals surface area contributed by atoms with Crippen LogP contribution in [0.1, 0.15) is 50.5 Å². The Bertz CT molecular complexity index is 645. The molecule has 0 aliphatic heterocycles. The number of benzene rings is 1. The highest BCUT2D eigenvalue weighted by Gasteiger charge is 2.57. The first-order valence-corrected chi connectivity index (χ1v) is 9.77. The maximum Gasteiger partial charge on any atom is 0.224 e. The van der Waals surface area contributed by atoms with Gasteiger partial charge in [0.1, 0.15) is 0 Å². The van der Waals surface area contributed by atoms with Gasteiger partial charge in [-0.05, 0) is 80.4 Å². The highest BCUT2D eigenvalue weighted by atomic mass is 79.9. The molecule has 2 nitrogen and oxygen atoms in total. The average Bonchev–Trinajstić information content (AvgIpc) is 2.40. The van der Waals surface area contributed by atoms with E-state index in [1.54, 1.807) is 0 Å². The second-order valence-corrected chi connectivity index (χ2v) is 10.3. The zero-order valence-corrected chi connectivity index (χ0v) is 15.8. The number of amides is 1. The van der Waals surface area contributed by atoms with E-state index in [-0.39, 0.29) is 11.3 Å². The molecule has 0 heterocycles. The molecule has 0 radical (unpaired) electrons. The Kier molecular flexibility index (Phi) is 3.81. The lowest BCUT2D eigenvalue weighted by atomic mass is 9.48. The number of rotatable bonds is 3. The van der Waals surface area contributed by atoms with E-state index in [1.165, 1.54) is 32.1 Å². The molecule has 124 valence electrons. The molecule has 4 aliphatic carbocycles. The molecule has 0 saturated heterocycles. The predicted molar refractivity (Wildman–Crippen MR) is 98.2 cm³/mol. The van der Waals surface area contributed by atoms with Crippen molar-refractivity contribution < 1.29 is 4.79 Å². The SMILES string of the molecule is Cc1c(Cl)cccc1NC(=O)CC12C[C@@H]3C[C@@H](CC(Br)(C3)C1)C2. The van der Waals surface area contributed by atoms with E-state index in [2.05, 4.69) is 21.2 Å². The van der Waals surface area contributed by atoms with Crippen LogP contribution in [0, 0.1) is 24.2 Å². The molecule has 0 spiro atoms. The Morgan fingerprint density at radius 1 is 1.30 bits per heavy atom. The number of nitrogens with one attached hydrogen (secondary N) is 1. The number of anilines is 1. The molecule has 0 aromatic heterocycles. The molecular weight excluding hydrogens is 374 g/mol. The number of carbonyl (C=O) groups excluding carboxylic acids is 1. The van der Waals surface area contributed by atoms with Crippen molar-refractivity contribution in [3.05, 3.63) is 28.8 Å². The van der Waals surface area contributed by atoms with Crippen LogP contribution >= 0.6 is 27.5 Å². The van der Waals surface area contributed by atoms with Crippen molar-refractivity contribution in [3.63, 3.8) is 0 Å². The van der Waals surface area contributed by atoms with Gasteiger partial charge in [-0.15, -0.1) is 0 Å². The largest absolute Gasteiger partial charge is 0.326 e. The molecule has 4 atom stereocenters. The van der Waals surface area contributed by atoms with Crippen LogP contribution < -0.4 is 5.32 Å². The molecule has 1 aromatic carbocycles. The van der Waals surface area contributed by atoms with Crippen molar-refractivity contribution in [2.75, 3.05) is 5.32 Å². The molecule has 1 aromatic rings. The third-order valence-corrected chi connectivity index (χ3v) is 7.53. The fourth-order valence-corrected chi connectivity index (χ4v) is 7.51. The molecule has 4 saturated carbocycles. The third kappa shape index (κ3) is 2.95. The maximum atomic E-state index is 12.7. The normalized spacial score (nSPS) is 37.9. The van der Waals surface area contributed by atoms with Crippen LogP contribution in [0.5, 0.6) is 0 Å². The topological polar surface area (TPSA) is 29.1 Å². The number of carbonyl (C=O) groups is 1. The first-order chi connectivity index (χ1) is 10.9. The van der Waals surface area contributed by atoms with E-state index >= 15 is 0 Å². The highest BCUT2D eigenvalue weighted by molar-refractivity contribution is 9.10. The number of hydrogen-bond acceptors (Lipinski definition) is 1. The molecule has 4 heteroatoms. The van der Waals surface area contributed by atoms with Crippen molar-refractivity contribution in [3.8, 4) is 0 Å². The van der Waals surface area contributed by atoms with Crippen LogP contribution in [0.25, 0.3) is 0 Å². The van der Waals surface area contributed by atoms with Crippen molar-refractivity contribution in [2.24, 2.45) is 17.3 Å². The Labute approximate surface area is 151 Å². The number of alkyl halides is 1. The Hall–Kier alpha value is -0.540. The summed E-state index contributed by atoms with van der Waals surface area (Å²) in [5, 5.41) is 3.81. The molecule has 23 heavy (non-hydrogen) atoms. The first kappa shape index (κ1) is 16.0. The lowest BCUT2D eigenvalue weighted by molar-refractivity contribution is -0.123. The molecule has 1 amide bonds. The van der Waals surface area contributed by atoms with Gasteiger partial charge in [0.2, 0.25) is 5.91 Å². The van der Waals surface area contributed by atoms with Crippen molar-refractivity contribution in [1.82, 2.24) is 0 Å². The summed E-state index contributed by atoms with van der Waals surface area (Å²) in [5.74, 6) is 1.78. The van der Waals surface area contributed by atoms with Gasteiger partial charge in [0, 0.05) is 21.5 Å². The monoisotopic (exact) mass is 395 g/mol. The third-order valence-electron chi connectivity index (χ3n) is 6.19. The Morgan fingerprint density at radius 2 is 2.00 bits per heavy atom. The summed E-state index contributed by atoms with van der Waals surface area (Å²) >= 11 is 10.2. The quantitative estimate of drug-likeness (QED) is 0.651. The van der Waals surface area contributed by atoms with E-state index in [1.807, 2.05) is 25.1 Å². The van der Waals surface area contributed by atoms with E-state index < -0.39 is 0 Å². The minimum Gasteiger partial charge on any atom is -0.326 e. The Balaban J connectivity index is 1.50. The van der Waals surface area contributed by atoms with Crippen LogP contribution in [0.15, 0.2) is 18.2 Å². The van der Waals surface area contributed by atoms with E-state index in [0.29, 0.717) is 15.8 Å². The fraction of sp³-hybridized carbons (Fsp3) is 0.632. The van der Waals surface area contributed by atoms with Crippen LogP contribution in [-0.2, 0) is 4.79 Å². The van der Waals surface area contributed by atoms with Crippen LogP contribution in [0.4, 0.5) is 5.69 Å². The summed E-state index contributed by atoms with van der Waals surface area (Å²) in [6.45, 7) is 1.95. The predicted octanol–water partition coefficient (Wildman–Crippen LogP) is 5.71. The van der Waals surface area contributed by atoms with Crippen LogP contribution in [-0.4, -0.2) is 10.2 Å². The zero-order valence-electron chi connectivity index (χ0n) is 13.5. The lowest BCUT2D eigenvalue weighted by Gasteiger charge is -2.60. The van der Waals surface area contributed by atoms with Crippen LogP contribution in [0.2, 0.25) is 5.02 Å².